The number of hydrogen-bond donors (Lipinski definition) is 1. The molecule has 0 saturated carbocycles. The molecule has 1 aliphatic heterocycles. The Labute approximate surface area is 196 Å². The van der Waals surface area contributed by atoms with Crippen LogP contribution in [0.4, 0.5) is 0 Å². The molecule has 0 atom stereocenters. The summed E-state index contributed by atoms with van der Waals surface area (Å²) in [6, 6.07) is 19.0. The lowest BCUT2D eigenvalue weighted by Gasteiger charge is -2.35. The number of piperazine rings is 1. The molecule has 1 fully saturated rings. The first-order valence-electron chi connectivity index (χ1n) is 10.8. The van der Waals surface area contributed by atoms with Crippen LogP contribution in [-0.4, -0.2) is 56.7 Å². The number of amides is 1. The largest absolute Gasteiger partial charge is 0.340 e. The van der Waals surface area contributed by atoms with Gasteiger partial charge in [-0.15, -0.1) is 11.3 Å². The normalized spacial score (nSPS) is 14.8. The lowest BCUT2D eigenvalue weighted by molar-refractivity contribution is -0.133. The summed E-state index contributed by atoms with van der Waals surface area (Å²) in [5.41, 5.74) is 1.35. The number of rotatable bonds is 6. The van der Waals surface area contributed by atoms with E-state index in [-0.39, 0.29) is 5.91 Å². The first-order valence-corrected chi connectivity index (χ1v) is 12.1. The second kappa shape index (κ2) is 9.36. The van der Waals surface area contributed by atoms with Gasteiger partial charge in [-0.1, -0.05) is 48.5 Å². The fraction of sp³-hybridized carbons (Fsp3) is 0.292. The van der Waals surface area contributed by atoms with Gasteiger partial charge >= 0.3 is 0 Å². The van der Waals surface area contributed by atoms with E-state index in [0.29, 0.717) is 17.7 Å². The van der Waals surface area contributed by atoms with Crippen molar-refractivity contribution in [3.8, 4) is 10.7 Å². The van der Waals surface area contributed by atoms with E-state index < -0.39 is 0 Å². The van der Waals surface area contributed by atoms with E-state index in [1.807, 2.05) is 27.0 Å². The average Bonchev–Trinajstić information content (AvgIpc) is 3.48. The first-order chi connectivity index (χ1) is 15.7. The number of hydrogen-bond acceptors (Lipinski definition) is 5. The van der Waals surface area contributed by atoms with Gasteiger partial charge < -0.3 is 4.90 Å². The fourth-order valence-corrected chi connectivity index (χ4v) is 5.26. The Morgan fingerprint density at radius 1 is 1.03 bits per heavy atom. The maximum Gasteiger partial charge on any atom is 0.224 e. The summed E-state index contributed by atoms with van der Waals surface area (Å²) in [6.07, 6.45) is 0.426. The summed E-state index contributed by atoms with van der Waals surface area (Å²) in [5, 5.41) is 11.8. The monoisotopic (exact) mass is 463 g/mol. The molecule has 8 heteroatoms. The SMILES string of the molecule is O=C(CCn1c(-c2cccs2)n[nH]c1=S)N1CCN(Cc2cccc3ccccc23)CC1. The Kier molecular flexibility index (Phi) is 6.16. The van der Waals surface area contributed by atoms with Gasteiger partial charge in [-0.25, -0.2) is 0 Å². The molecule has 6 nitrogen and oxygen atoms in total. The van der Waals surface area contributed by atoms with Crippen LogP contribution in [0.15, 0.2) is 60.0 Å². The maximum absolute atomic E-state index is 12.9. The van der Waals surface area contributed by atoms with Gasteiger partial charge in [0, 0.05) is 45.7 Å². The predicted molar refractivity (Wildman–Crippen MR) is 131 cm³/mol. The number of H-pyrrole nitrogens is 1. The molecule has 2 aromatic heterocycles. The van der Waals surface area contributed by atoms with Gasteiger partial charge in [0.05, 0.1) is 4.88 Å². The standard InChI is InChI=1S/C24H25N5OS2/c30-22(10-11-29-23(25-26-24(29)31)21-9-4-16-32-21)28-14-12-27(13-15-28)17-19-7-3-6-18-5-1-2-8-20(18)19/h1-9,16H,10-15,17H2,(H,26,31). The number of aromatic amines is 1. The highest BCUT2D eigenvalue weighted by Crippen LogP contribution is 2.23. The van der Waals surface area contributed by atoms with Gasteiger partial charge in [0.15, 0.2) is 10.6 Å². The minimum atomic E-state index is 0.176. The molecule has 0 radical (unpaired) electrons. The molecule has 164 valence electrons. The number of fused-ring (bicyclic) bond motifs is 1. The van der Waals surface area contributed by atoms with Crippen molar-refractivity contribution in [1.29, 1.82) is 0 Å². The number of thiophene rings is 1. The highest BCUT2D eigenvalue weighted by Gasteiger charge is 2.22. The van der Waals surface area contributed by atoms with Crippen LogP contribution in [-0.2, 0) is 17.9 Å². The van der Waals surface area contributed by atoms with E-state index in [2.05, 4.69) is 57.6 Å². The van der Waals surface area contributed by atoms with Crippen LogP contribution in [0, 0.1) is 4.77 Å². The quantitative estimate of drug-likeness (QED) is 0.426. The Hall–Kier alpha value is -2.81. The number of benzene rings is 2. The second-order valence-corrected chi connectivity index (χ2v) is 9.36. The van der Waals surface area contributed by atoms with Gasteiger partial charge in [-0.3, -0.25) is 19.4 Å². The van der Waals surface area contributed by atoms with Crippen LogP contribution in [0.3, 0.4) is 0 Å². The van der Waals surface area contributed by atoms with E-state index in [4.69, 9.17) is 12.2 Å². The average molecular weight is 464 g/mol. The van der Waals surface area contributed by atoms with Gasteiger partial charge in [-0.05, 0) is 40.0 Å². The van der Waals surface area contributed by atoms with Crippen LogP contribution >= 0.6 is 23.6 Å². The Balaban J connectivity index is 1.17. The lowest BCUT2D eigenvalue weighted by atomic mass is 10.0. The number of carbonyl (C=O) groups is 1. The fourth-order valence-electron chi connectivity index (χ4n) is 4.31. The molecule has 2 aromatic carbocycles. The molecular formula is C24H25N5OS2. The summed E-state index contributed by atoms with van der Waals surface area (Å²) in [5.74, 6) is 0.979. The number of nitrogens with one attached hydrogen (secondary N) is 1. The summed E-state index contributed by atoms with van der Waals surface area (Å²) >= 11 is 7.00. The van der Waals surface area contributed by atoms with Crippen LogP contribution in [0.25, 0.3) is 21.5 Å². The molecule has 0 unspecified atom stereocenters. The van der Waals surface area contributed by atoms with E-state index in [1.54, 1.807) is 11.3 Å². The molecule has 0 spiro atoms. The van der Waals surface area contributed by atoms with Crippen molar-refractivity contribution >= 4 is 40.2 Å². The third kappa shape index (κ3) is 4.39. The Morgan fingerprint density at radius 2 is 1.84 bits per heavy atom. The molecule has 32 heavy (non-hydrogen) atoms. The molecule has 0 bridgehead atoms. The Morgan fingerprint density at radius 3 is 2.66 bits per heavy atom. The van der Waals surface area contributed by atoms with Crippen molar-refractivity contribution in [2.24, 2.45) is 0 Å². The summed E-state index contributed by atoms with van der Waals surface area (Å²) < 4.78 is 2.48. The summed E-state index contributed by atoms with van der Waals surface area (Å²) in [4.78, 5) is 18.3. The number of aromatic nitrogens is 3. The van der Waals surface area contributed by atoms with Gasteiger partial charge in [0.25, 0.3) is 0 Å². The highest BCUT2D eigenvalue weighted by atomic mass is 32.1. The van der Waals surface area contributed by atoms with Crippen molar-refractivity contribution in [2.45, 2.75) is 19.5 Å². The van der Waals surface area contributed by atoms with E-state index in [1.165, 1.54) is 16.3 Å². The number of nitrogens with zero attached hydrogens (tertiary/aromatic N) is 4. The third-order valence-corrected chi connectivity index (χ3v) is 7.23. The predicted octanol–water partition coefficient (Wildman–Crippen LogP) is 4.56. The van der Waals surface area contributed by atoms with Gasteiger partial charge in [-0.2, -0.15) is 5.10 Å². The molecule has 4 aromatic rings. The third-order valence-electron chi connectivity index (χ3n) is 6.05. The molecule has 1 N–H and O–H groups in total. The lowest BCUT2D eigenvalue weighted by Crippen LogP contribution is -2.48. The zero-order valence-electron chi connectivity index (χ0n) is 17.7. The van der Waals surface area contributed by atoms with E-state index in [0.717, 1.165) is 43.4 Å². The molecule has 1 amide bonds. The van der Waals surface area contributed by atoms with Crippen LogP contribution in [0.1, 0.15) is 12.0 Å². The van der Waals surface area contributed by atoms with Crippen molar-refractivity contribution in [3.63, 3.8) is 0 Å². The molecule has 0 aliphatic carbocycles. The highest BCUT2D eigenvalue weighted by molar-refractivity contribution is 7.71. The Bertz CT molecular complexity index is 1260. The van der Waals surface area contributed by atoms with Crippen LogP contribution < -0.4 is 0 Å². The first kappa shape index (κ1) is 21.1. The topological polar surface area (TPSA) is 57.2 Å². The zero-order valence-corrected chi connectivity index (χ0v) is 19.4. The minimum Gasteiger partial charge on any atom is -0.340 e. The molecule has 1 aliphatic rings. The van der Waals surface area contributed by atoms with Crippen molar-refractivity contribution in [3.05, 3.63) is 70.3 Å². The van der Waals surface area contributed by atoms with Crippen molar-refractivity contribution < 1.29 is 4.79 Å². The maximum atomic E-state index is 12.9. The molecular weight excluding hydrogens is 438 g/mol. The van der Waals surface area contributed by atoms with Gasteiger partial charge in [0.2, 0.25) is 5.91 Å². The van der Waals surface area contributed by atoms with Crippen LogP contribution in [0.2, 0.25) is 0 Å². The zero-order chi connectivity index (χ0) is 21.9. The molecule has 5 rings (SSSR count). The summed E-state index contributed by atoms with van der Waals surface area (Å²) in [6.45, 7) is 4.76. The second-order valence-electron chi connectivity index (χ2n) is 8.03. The van der Waals surface area contributed by atoms with Crippen molar-refractivity contribution in [1.82, 2.24) is 24.6 Å². The number of carbonyl (C=O) groups excluding carboxylic acids is 1. The van der Waals surface area contributed by atoms with Gasteiger partial charge in [0.1, 0.15) is 0 Å². The van der Waals surface area contributed by atoms with Crippen LogP contribution in [0.5, 0.6) is 0 Å². The smallest absolute Gasteiger partial charge is 0.224 e. The van der Waals surface area contributed by atoms with E-state index >= 15 is 0 Å². The van der Waals surface area contributed by atoms with Crippen molar-refractivity contribution in [2.75, 3.05) is 26.2 Å². The molecule has 3 heterocycles. The molecule has 1 saturated heterocycles. The van der Waals surface area contributed by atoms with E-state index in [9.17, 15) is 4.79 Å². The summed E-state index contributed by atoms with van der Waals surface area (Å²) in [7, 11) is 0. The minimum absolute atomic E-state index is 0.176.